The van der Waals surface area contributed by atoms with Crippen LogP contribution in [0.5, 0.6) is 0 Å². The second-order valence-corrected chi connectivity index (χ2v) is 4.63. The van der Waals surface area contributed by atoms with Crippen LogP contribution in [-0.2, 0) is 17.6 Å². The maximum Gasteiger partial charge on any atom is 0.339 e. The normalized spacial score (nSPS) is 15.1. The van der Waals surface area contributed by atoms with Gasteiger partial charge in [0.25, 0.3) is 0 Å². The Kier molecular flexibility index (Phi) is 4.34. The molecule has 0 amide bonds. The number of aliphatic hydroxyl groups excluding tert-OH is 1. The number of rotatable bonds is 6. The highest BCUT2D eigenvalue weighted by molar-refractivity contribution is 5.93. The molecule has 0 spiro atoms. The van der Waals surface area contributed by atoms with E-state index in [0.717, 1.165) is 30.5 Å². The van der Waals surface area contributed by atoms with E-state index in [9.17, 15) is 15.0 Å². The van der Waals surface area contributed by atoms with Crippen LogP contribution in [0.2, 0.25) is 0 Å². The lowest BCUT2D eigenvalue weighted by molar-refractivity contribution is 0.0697. The molecule has 19 heavy (non-hydrogen) atoms. The Balaban J connectivity index is 2.29. The molecule has 1 heterocycles. The number of nitrogens with one attached hydrogen (secondary N) is 1. The Bertz CT molecular complexity index is 476. The summed E-state index contributed by atoms with van der Waals surface area (Å²) in [6.45, 7) is 0.139. The van der Waals surface area contributed by atoms with Crippen molar-refractivity contribution in [3.05, 3.63) is 22.9 Å². The number of fused-ring (bicyclic) bond motifs is 1. The highest BCUT2D eigenvalue weighted by Crippen LogP contribution is 2.25. The van der Waals surface area contributed by atoms with Gasteiger partial charge in [-0.1, -0.05) is 0 Å². The van der Waals surface area contributed by atoms with E-state index in [1.165, 1.54) is 7.11 Å². The summed E-state index contributed by atoms with van der Waals surface area (Å²) in [5.41, 5.74) is 2.10. The summed E-state index contributed by atoms with van der Waals surface area (Å²) in [5, 5.41) is 21.4. The predicted octanol–water partition coefficient (Wildman–Crippen LogP) is 0.688. The van der Waals surface area contributed by atoms with Crippen LogP contribution in [0, 0.1) is 0 Å². The number of hydrogen-bond donors (Lipinski definition) is 3. The fraction of sp³-hybridized carbons (Fsp3) is 0.538. The zero-order valence-electron chi connectivity index (χ0n) is 10.8. The van der Waals surface area contributed by atoms with Crippen molar-refractivity contribution < 1.29 is 19.7 Å². The van der Waals surface area contributed by atoms with Gasteiger partial charge in [-0.05, 0) is 30.9 Å². The lowest BCUT2D eigenvalue weighted by Gasteiger charge is -2.18. The van der Waals surface area contributed by atoms with E-state index >= 15 is 0 Å². The minimum absolute atomic E-state index is 0.147. The molecule has 0 saturated heterocycles. The number of carbonyl (C=O) groups is 1. The van der Waals surface area contributed by atoms with E-state index in [-0.39, 0.29) is 24.8 Å². The molecule has 0 fully saturated rings. The number of aliphatic hydroxyl groups is 1. The van der Waals surface area contributed by atoms with Gasteiger partial charge in [-0.15, -0.1) is 0 Å². The molecule has 0 saturated carbocycles. The van der Waals surface area contributed by atoms with Gasteiger partial charge in [-0.25, -0.2) is 9.78 Å². The number of pyridine rings is 1. The number of ether oxygens (including phenoxy) is 1. The first-order valence-electron chi connectivity index (χ1n) is 6.28. The van der Waals surface area contributed by atoms with Gasteiger partial charge in [-0.2, -0.15) is 0 Å². The van der Waals surface area contributed by atoms with Crippen LogP contribution < -0.4 is 5.32 Å². The quantitative estimate of drug-likeness (QED) is 0.701. The van der Waals surface area contributed by atoms with Gasteiger partial charge in [0.1, 0.15) is 11.4 Å². The molecule has 1 aromatic heterocycles. The lowest BCUT2D eigenvalue weighted by atomic mass is 10.1. The molecule has 104 valence electrons. The zero-order valence-corrected chi connectivity index (χ0v) is 10.8. The third-order valence-corrected chi connectivity index (χ3v) is 3.21. The topological polar surface area (TPSA) is 91.7 Å². The SMILES string of the molecule is COCC(CO)Nc1nc2c(cc1C(=O)O)CCC2. The lowest BCUT2D eigenvalue weighted by Crippen LogP contribution is -2.30. The maximum atomic E-state index is 11.3. The van der Waals surface area contributed by atoms with Crippen molar-refractivity contribution in [2.24, 2.45) is 0 Å². The Labute approximate surface area is 111 Å². The molecule has 1 unspecified atom stereocenters. The number of aromatic carboxylic acids is 1. The van der Waals surface area contributed by atoms with Crippen molar-refractivity contribution >= 4 is 11.8 Å². The van der Waals surface area contributed by atoms with Crippen molar-refractivity contribution in [3.63, 3.8) is 0 Å². The summed E-state index contributed by atoms with van der Waals surface area (Å²) in [5.74, 6) is -0.706. The monoisotopic (exact) mass is 266 g/mol. The van der Waals surface area contributed by atoms with E-state index < -0.39 is 5.97 Å². The number of aromatic nitrogens is 1. The van der Waals surface area contributed by atoms with Crippen LogP contribution in [-0.4, -0.2) is 47.5 Å². The average molecular weight is 266 g/mol. The van der Waals surface area contributed by atoms with Gasteiger partial charge in [-0.3, -0.25) is 0 Å². The predicted molar refractivity (Wildman–Crippen MR) is 69.6 cm³/mol. The molecule has 0 radical (unpaired) electrons. The first kappa shape index (κ1) is 13.8. The van der Waals surface area contributed by atoms with Crippen molar-refractivity contribution in [2.75, 3.05) is 25.6 Å². The summed E-state index contributed by atoms with van der Waals surface area (Å²) in [7, 11) is 1.53. The van der Waals surface area contributed by atoms with Gasteiger partial charge in [0, 0.05) is 12.8 Å². The average Bonchev–Trinajstić information content (AvgIpc) is 2.84. The Morgan fingerprint density at radius 1 is 1.58 bits per heavy atom. The standard InChI is InChI=1S/C13H18N2O4/c1-19-7-9(6-16)14-12-10(13(17)18)5-8-3-2-4-11(8)15-12/h5,9,16H,2-4,6-7H2,1H3,(H,14,15)(H,17,18). The smallest absolute Gasteiger partial charge is 0.339 e. The number of carboxylic acids is 1. The van der Waals surface area contributed by atoms with Crippen molar-refractivity contribution in [1.82, 2.24) is 4.98 Å². The molecule has 1 atom stereocenters. The fourth-order valence-electron chi connectivity index (χ4n) is 2.28. The van der Waals surface area contributed by atoms with Gasteiger partial charge >= 0.3 is 5.97 Å². The van der Waals surface area contributed by atoms with Gasteiger partial charge in [0.2, 0.25) is 0 Å². The molecule has 0 bridgehead atoms. The summed E-state index contributed by atoms with van der Waals surface area (Å²) >= 11 is 0. The molecule has 3 N–H and O–H groups in total. The first-order valence-corrected chi connectivity index (χ1v) is 6.28. The number of nitrogens with zero attached hydrogens (tertiary/aromatic N) is 1. The van der Waals surface area contributed by atoms with Crippen LogP contribution >= 0.6 is 0 Å². The Hall–Kier alpha value is -1.66. The molecular weight excluding hydrogens is 248 g/mol. The third-order valence-electron chi connectivity index (χ3n) is 3.21. The Morgan fingerprint density at radius 2 is 2.37 bits per heavy atom. The molecule has 0 aliphatic heterocycles. The molecule has 0 aromatic carbocycles. The van der Waals surface area contributed by atoms with E-state index in [1.807, 2.05) is 0 Å². The minimum atomic E-state index is -1.01. The van der Waals surface area contributed by atoms with Crippen molar-refractivity contribution in [2.45, 2.75) is 25.3 Å². The number of carboxylic acid groups (broad SMARTS) is 1. The van der Waals surface area contributed by atoms with Crippen LogP contribution in [0.4, 0.5) is 5.82 Å². The van der Waals surface area contributed by atoms with E-state index in [0.29, 0.717) is 5.82 Å². The summed E-state index contributed by atoms with van der Waals surface area (Å²) < 4.78 is 4.96. The summed E-state index contributed by atoms with van der Waals surface area (Å²) in [6, 6.07) is 1.32. The molecule has 6 heteroatoms. The van der Waals surface area contributed by atoms with Crippen LogP contribution in [0.25, 0.3) is 0 Å². The van der Waals surface area contributed by atoms with Crippen LogP contribution in [0.15, 0.2) is 6.07 Å². The maximum absolute atomic E-state index is 11.3. The third kappa shape index (κ3) is 3.02. The first-order chi connectivity index (χ1) is 9.15. The number of aryl methyl sites for hydroxylation is 2. The van der Waals surface area contributed by atoms with E-state index in [4.69, 9.17) is 4.74 Å². The molecule has 1 aliphatic rings. The van der Waals surface area contributed by atoms with Crippen LogP contribution in [0.1, 0.15) is 28.0 Å². The minimum Gasteiger partial charge on any atom is -0.478 e. The zero-order chi connectivity index (χ0) is 13.8. The van der Waals surface area contributed by atoms with Gasteiger partial charge < -0.3 is 20.3 Å². The highest BCUT2D eigenvalue weighted by Gasteiger charge is 2.21. The molecule has 2 rings (SSSR count). The van der Waals surface area contributed by atoms with E-state index in [1.54, 1.807) is 6.07 Å². The second kappa shape index (κ2) is 5.99. The number of anilines is 1. The number of hydrogen-bond acceptors (Lipinski definition) is 5. The Morgan fingerprint density at radius 3 is 3.00 bits per heavy atom. The van der Waals surface area contributed by atoms with E-state index in [2.05, 4.69) is 10.3 Å². The number of methoxy groups -OCH3 is 1. The van der Waals surface area contributed by atoms with Crippen molar-refractivity contribution in [1.29, 1.82) is 0 Å². The largest absolute Gasteiger partial charge is 0.478 e. The fourth-order valence-corrected chi connectivity index (χ4v) is 2.28. The van der Waals surface area contributed by atoms with Crippen LogP contribution in [0.3, 0.4) is 0 Å². The molecule has 1 aliphatic carbocycles. The van der Waals surface area contributed by atoms with Crippen molar-refractivity contribution in [3.8, 4) is 0 Å². The summed E-state index contributed by atoms with van der Waals surface area (Å²) in [6.07, 6.45) is 2.76. The van der Waals surface area contributed by atoms with Gasteiger partial charge in [0.05, 0.1) is 19.3 Å². The molecule has 6 nitrogen and oxygen atoms in total. The molecule has 1 aromatic rings. The highest BCUT2D eigenvalue weighted by atomic mass is 16.5. The summed E-state index contributed by atoms with van der Waals surface area (Å²) in [4.78, 5) is 15.7. The van der Waals surface area contributed by atoms with Gasteiger partial charge in [0.15, 0.2) is 0 Å². The second-order valence-electron chi connectivity index (χ2n) is 4.63. The molecular formula is C13H18N2O4.